The summed E-state index contributed by atoms with van der Waals surface area (Å²) in [5.41, 5.74) is 0.414. The third-order valence-corrected chi connectivity index (χ3v) is 7.67. The number of rotatable bonds is 6. The molecule has 1 aliphatic carbocycles. The topological polar surface area (TPSA) is 52.7 Å². The highest BCUT2D eigenvalue weighted by Crippen LogP contribution is 2.42. The second kappa shape index (κ2) is 9.96. The van der Waals surface area contributed by atoms with Crippen molar-refractivity contribution in [3.63, 3.8) is 0 Å². The van der Waals surface area contributed by atoms with Crippen molar-refractivity contribution < 1.29 is 14.0 Å². The van der Waals surface area contributed by atoms with Crippen LogP contribution in [0.25, 0.3) is 6.08 Å². The van der Waals surface area contributed by atoms with Crippen LogP contribution in [0.2, 0.25) is 0 Å². The minimum absolute atomic E-state index is 0.0785. The first kappa shape index (κ1) is 21.4. The Labute approximate surface area is 182 Å². The molecular weight excluding hydrogens is 401 g/mol. The number of hydrogen-bond acceptors (Lipinski definition) is 4. The van der Waals surface area contributed by atoms with Gasteiger partial charge in [-0.05, 0) is 50.9 Å². The zero-order valence-electron chi connectivity index (χ0n) is 17.3. The van der Waals surface area contributed by atoms with Gasteiger partial charge in [-0.1, -0.05) is 31.0 Å². The average Bonchev–Trinajstić information content (AvgIpc) is 3.26. The maximum atomic E-state index is 14.1. The Hall–Kier alpha value is -1.86. The number of benzene rings is 1. The lowest BCUT2D eigenvalue weighted by Crippen LogP contribution is -2.54. The van der Waals surface area contributed by atoms with E-state index in [0.717, 1.165) is 45.3 Å². The molecule has 1 aromatic rings. The largest absolute Gasteiger partial charge is 0.353 e. The molecule has 2 saturated heterocycles. The molecule has 2 atom stereocenters. The summed E-state index contributed by atoms with van der Waals surface area (Å²) in [5.74, 6) is -0.597. The minimum Gasteiger partial charge on any atom is -0.353 e. The molecule has 1 N–H and O–H groups in total. The van der Waals surface area contributed by atoms with Crippen LogP contribution in [-0.2, 0) is 9.59 Å². The maximum Gasteiger partial charge on any atom is 0.261 e. The Morgan fingerprint density at radius 2 is 1.93 bits per heavy atom. The van der Waals surface area contributed by atoms with E-state index in [2.05, 4.69) is 10.2 Å². The van der Waals surface area contributed by atoms with Crippen LogP contribution in [0.4, 0.5) is 4.39 Å². The van der Waals surface area contributed by atoms with Crippen LogP contribution in [0.3, 0.4) is 0 Å². The molecule has 162 valence electrons. The molecule has 0 radical (unpaired) electrons. The lowest BCUT2D eigenvalue weighted by atomic mass is 9.93. The molecule has 0 spiro atoms. The second-order valence-corrected chi connectivity index (χ2v) is 9.65. The van der Waals surface area contributed by atoms with Crippen molar-refractivity contribution in [1.29, 1.82) is 0 Å². The third kappa shape index (κ3) is 5.06. The number of hydrogen-bond donors (Lipinski definition) is 1. The second-order valence-electron chi connectivity index (χ2n) is 8.37. The summed E-state index contributed by atoms with van der Waals surface area (Å²) in [6.07, 6.45) is 8.26. The van der Waals surface area contributed by atoms with Crippen LogP contribution >= 0.6 is 11.8 Å². The predicted molar refractivity (Wildman–Crippen MR) is 118 cm³/mol. The molecule has 2 aliphatic heterocycles. The smallest absolute Gasteiger partial charge is 0.261 e. The normalized spacial score (nSPS) is 26.1. The number of nitrogens with zero attached hydrogens (tertiary/aromatic N) is 2. The fourth-order valence-electron chi connectivity index (χ4n) is 4.67. The van der Waals surface area contributed by atoms with Crippen LogP contribution in [0.5, 0.6) is 0 Å². The molecule has 2 unspecified atom stereocenters. The van der Waals surface area contributed by atoms with Crippen LogP contribution in [-0.4, -0.2) is 65.6 Å². The summed E-state index contributed by atoms with van der Waals surface area (Å²) in [7, 11) is 0. The van der Waals surface area contributed by atoms with E-state index in [9.17, 15) is 14.0 Å². The van der Waals surface area contributed by atoms with Gasteiger partial charge in [-0.15, -0.1) is 11.8 Å². The molecule has 7 heteroatoms. The summed E-state index contributed by atoms with van der Waals surface area (Å²) < 4.78 is 14.1. The zero-order chi connectivity index (χ0) is 20.9. The van der Waals surface area contributed by atoms with Gasteiger partial charge in [0.1, 0.15) is 12.4 Å². The highest BCUT2D eigenvalue weighted by molar-refractivity contribution is 8.04. The Morgan fingerprint density at radius 1 is 1.17 bits per heavy atom. The summed E-state index contributed by atoms with van der Waals surface area (Å²) in [6, 6.07) is 6.57. The van der Waals surface area contributed by atoms with E-state index < -0.39 is 0 Å². The van der Waals surface area contributed by atoms with Gasteiger partial charge >= 0.3 is 0 Å². The number of likely N-dealkylation sites (tertiary alicyclic amines) is 1. The van der Waals surface area contributed by atoms with Crippen molar-refractivity contribution in [2.75, 3.05) is 32.7 Å². The molecule has 30 heavy (non-hydrogen) atoms. The standard InChI is InChI=1S/C23H30FN3O2S/c24-18-8-2-1-7-17(18)15-21-23(29)27(19-9-3-4-10-20(19)30-21)16-22(28)25-11-14-26-12-5-6-13-26/h1-2,7-8,15,19-20H,3-6,9-14,16H2,(H,25,28)/b21-15-. The fourth-order valence-corrected chi connectivity index (χ4v) is 6.13. The number of nitrogens with one attached hydrogen (secondary N) is 1. The SMILES string of the molecule is O=C(CN1C(=O)/C(=C/c2ccccc2F)SC2CCCCC21)NCCN1CCCC1. The molecule has 3 aliphatic rings. The first-order valence-electron chi connectivity index (χ1n) is 11.0. The highest BCUT2D eigenvalue weighted by atomic mass is 32.2. The van der Waals surface area contributed by atoms with Crippen LogP contribution in [0.1, 0.15) is 44.1 Å². The van der Waals surface area contributed by atoms with Crippen LogP contribution in [0, 0.1) is 5.82 Å². The van der Waals surface area contributed by atoms with Crippen LogP contribution < -0.4 is 5.32 Å². The van der Waals surface area contributed by atoms with Crippen molar-refractivity contribution in [2.24, 2.45) is 0 Å². The first-order chi connectivity index (χ1) is 14.6. The van der Waals surface area contributed by atoms with Gasteiger partial charge < -0.3 is 15.1 Å². The molecule has 5 nitrogen and oxygen atoms in total. The number of carbonyl (C=O) groups excluding carboxylic acids is 2. The van der Waals surface area contributed by atoms with Gasteiger partial charge in [-0.3, -0.25) is 9.59 Å². The summed E-state index contributed by atoms with van der Waals surface area (Å²) in [5, 5.41) is 3.26. The Balaban J connectivity index is 1.44. The van der Waals surface area contributed by atoms with Crippen molar-refractivity contribution in [3.8, 4) is 0 Å². The van der Waals surface area contributed by atoms with Crippen molar-refractivity contribution in [3.05, 3.63) is 40.6 Å². The number of amides is 2. The Morgan fingerprint density at radius 3 is 2.73 bits per heavy atom. The van der Waals surface area contributed by atoms with Crippen molar-refractivity contribution in [1.82, 2.24) is 15.1 Å². The maximum absolute atomic E-state index is 14.1. The zero-order valence-corrected chi connectivity index (χ0v) is 18.1. The van der Waals surface area contributed by atoms with E-state index in [4.69, 9.17) is 0 Å². The summed E-state index contributed by atoms with van der Waals surface area (Å²) >= 11 is 1.56. The van der Waals surface area contributed by atoms with Gasteiger partial charge in [-0.2, -0.15) is 0 Å². The number of halogens is 1. The molecule has 0 bridgehead atoms. The Kier molecular flexibility index (Phi) is 7.10. The van der Waals surface area contributed by atoms with E-state index in [1.165, 1.54) is 18.9 Å². The number of fused-ring (bicyclic) bond motifs is 1. The molecule has 1 aromatic carbocycles. The van der Waals surface area contributed by atoms with Gasteiger partial charge in [-0.25, -0.2) is 4.39 Å². The van der Waals surface area contributed by atoms with Gasteiger partial charge in [0.25, 0.3) is 5.91 Å². The lowest BCUT2D eigenvalue weighted by Gasteiger charge is -2.43. The summed E-state index contributed by atoms with van der Waals surface area (Å²) in [4.78, 5) is 30.5. The quantitative estimate of drug-likeness (QED) is 0.703. The first-order valence-corrected chi connectivity index (χ1v) is 11.9. The summed E-state index contributed by atoms with van der Waals surface area (Å²) in [6.45, 7) is 3.76. The lowest BCUT2D eigenvalue weighted by molar-refractivity contribution is -0.135. The molecular formula is C23H30FN3O2S. The molecule has 1 saturated carbocycles. The van der Waals surface area contributed by atoms with Gasteiger partial charge in [0.15, 0.2) is 0 Å². The van der Waals surface area contributed by atoms with Gasteiger partial charge in [0, 0.05) is 29.9 Å². The number of carbonyl (C=O) groups is 2. The molecule has 4 rings (SSSR count). The van der Waals surface area contributed by atoms with Crippen molar-refractivity contribution in [2.45, 2.75) is 49.8 Å². The predicted octanol–water partition coefficient (Wildman–Crippen LogP) is 3.27. The van der Waals surface area contributed by atoms with E-state index in [-0.39, 0.29) is 35.5 Å². The van der Waals surface area contributed by atoms with E-state index in [0.29, 0.717) is 17.0 Å². The third-order valence-electron chi connectivity index (χ3n) is 6.27. The molecule has 3 fully saturated rings. The molecule has 2 amide bonds. The highest BCUT2D eigenvalue weighted by Gasteiger charge is 2.41. The minimum atomic E-state index is -0.338. The van der Waals surface area contributed by atoms with E-state index in [1.54, 1.807) is 40.9 Å². The number of thioether (sulfide) groups is 1. The molecule has 0 aromatic heterocycles. The van der Waals surface area contributed by atoms with Gasteiger partial charge in [0.05, 0.1) is 4.91 Å². The van der Waals surface area contributed by atoms with E-state index >= 15 is 0 Å². The average molecular weight is 432 g/mol. The monoisotopic (exact) mass is 431 g/mol. The van der Waals surface area contributed by atoms with Crippen LogP contribution in [0.15, 0.2) is 29.2 Å². The van der Waals surface area contributed by atoms with Gasteiger partial charge in [0.2, 0.25) is 5.91 Å². The van der Waals surface area contributed by atoms with Crippen molar-refractivity contribution >= 4 is 29.7 Å². The fraction of sp³-hybridized carbons (Fsp3) is 0.565. The molecule has 2 heterocycles. The van der Waals surface area contributed by atoms with E-state index in [1.807, 2.05) is 0 Å². The Bertz CT molecular complexity index is 809.